The van der Waals surface area contributed by atoms with Gasteiger partial charge in [0.05, 0.1) is 0 Å². The molecule has 2 fully saturated rings. The lowest BCUT2D eigenvalue weighted by Gasteiger charge is -2.38. The van der Waals surface area contributed by atoms with E-state index in [0.29, 0.717) is 5.91 Å². The first kappa shape index (κ1) is 14.8. The zero-order chi connectivity index (χ0) is 15.6. The molecule has 0 radical (unpaired) electrons. The standard InChI is InChI=1S/C18H26N4O/c23-18(14-4-7-19-8-5-14)22-12-10-21(11-13-22)17-3-1-2-16-15(17)6-9-20-16/h1-3,14,19-20H,4-13H2. The average molecular weight is 314 g/mol. The van der Waals surface area contributed by atoms with E-state index in [1.807, 2.05) is 0 Å². The second-order valence-corrected chi connectivity index (χ2v) is 6.82. The molecule has 124 valence electrons. The molecule has 5 heteroatoms. The monoisotopic (exact) mass is 314 g/mol. The van der Waals surface area contributed by atoms with Crippen LogP contribution >= 0.6 is 0 Å². The van der Waals surface area contributed by atoms with E-state index in [1.165, 1.54) is 16.9 Å². The van der Waals surface area contributed by atoms with E-state index in [-0.39, 0.29) is 5.92 Å². The molecule has 0 aliphatic carbocycles. The van der Waals surface area contributed by atoms with Gasteiger partial charge in [0.1, 0.15) is 0 Å². The molecule has 5 nitrogen and oxygen atoms in total. The third-order valence-corrected chi connectivity index (χ3v) is 5.46. The molecule has 3 aliphatic rings. The Labute approximate surface area is 138 Å². The van der Waals surface area contributed by atoms with Crippen LogP contribution in [-0.4, -0.2) is 56.6 Å². The minimum atomic E-state index is 0.243. The maximum atomic E-state index is 12.7. The quantitative estimate of drug-likeness (QED) is 0.864. The minimum Gasteiger partial charge on any atom is -0.384 e. The summed E-state index contributed by atoms with van der Waals surface area (Å²) >= 11 is 0. The Morgan fingerprint density at radius 2 is 1.83 bits per heavy atom. The molecule has 0 saturated carbocycles. The summed E-state index contributed by atoms with van der Waals surface area (Å²) < 4.78 is 0. The van der Waals surface area contributed by atoms with Gasteiger partial charge in [0.15, 0.2) is 0 Å². The molecule has 1 amide bonds. The maximum absolute atomic E-state index is 12.7. The number of carbonyl (C=O) groups excluding carboxylic acids is 1. The number of carbonyl (C=O) groups is 1. The van der Waals surface area contributed by atoms with Crippen LogP contribution in [-0.2, 0) is 11.2 Å². The van der Waals surface area contributed by atoms with Gasteiger partial charge in [-0.05, 0) is 44.5 Å². The van der Waals surface area contributed by atoms with Gasteiger partial charge in [-0.25, -0.2) is 0 Å². The minimum absolute atomic E-state index is 0.243. The molecule has 2 saturated heterocycles. The fourth-order valence-electron chi connectivity index (χ4n) is 4.12. The number of nitrogens with one attached hydrogen (secondary N) is 2. The molecule has 0 atom stereocenters. The van der Waals surface area contributed by atoms with Crippen molar-refractivity contribution in [2.24, 2.45) is 5.92 Å². The summed E-state index contributed by atoms with van der Waals surface area (Å²) in [5.74, 6) is 0.624. The van der Waals surface area contributed by atoms with E-state index in [0.717, 1.165) is 65.1 Å². The average Bonchev–Trinajstić information content (AvgIpc) is 3.11. The van der Waals surface area contributed by atoms with Crippen molar-refractivity contribution in [3.63, 3.8) is 0 Å². The van der Waals surface area contributed by atoms with Gasteiger partial charge >= 0.3 is 0 Å². The number of nitrogens with zero attached hydrogens (tertiary/aromatic N) is 2. The molecule has 0 spiro atoms. The van der Waals surface area contributed by atoms with Crippen molar-refractivity contribution in [2.75, 3.05) is 56.0 Å². The zero-order valence-electron chi connectivity index (χ0n) is 13.7. The molecule has 23 heavy (non-hydrogen) atoms. The predicted octanol–water partition coefficient (Wildman–Crippen LogP) is 1.30. The van der Waals surface area contributed by atoms with Gasteiger partial charge in [-0.15, -0.1) is 0 Å². The van der Waals surface area contributed by atoms with Gasteiger partial charge in [0, 0.05) is 55.6 Å². The number of anilines is 2. The van der Waals surface area contributed by atoms with Gasteiger partial charge in [0.25, 0.3) is 0 Å². The number of rotatable bonds is 2. The van der Waals surface area contributed by atoms with Crippen molar-refractivity contribution in [2.45, 2.75) is 19.3 Å². The van der Waals surface area contributed by atoms with Crippen LogP contribution in [0.4, 0.5) is 11.4 Å². The number of fused-ring (bicyclic) bond motifs is 1. The molecule has 0 bridgehead atoms. The van der Waals surface area contributed by atoms with Crippen molar-refractivity contribution >= 4 is 17.3 Å². The molecular weight excluding hydrogens is 288 g/mol. The molecule has 4 rings (SSSR count). The summed E-state index contributed by atoms with van der Waals surface area (Å²) in [5, 5.41) is 6.79. The highest BCUT2D eigenvalue weighted by Crippen LogP contribution is 2.32. The van der Waals surface area contributed by atoms with Gasteiger partial charge in [-0.1, -0.05) is 6.07 Å². The lowest BCUT2D eigenvalue weighted by atomic mass is 9.96. The number of amides is 1. The third kappa shape index (κ3) is 2.90. The molecule has 0 unspecified atom stereocenters. The van der Waals surface area contributed by atoms with Crippen molar-refractivity contribution in [1.82, 2.24) is 10.2 Å². The van der Waals surface area contributed by atoms with Crippen LogP contribution in [0.15, 0.2) is 18.2 Å². The third-order valence-electron chi connectivity index (χ3n) is 5.46. The van der Waals surface area contributed by atoms with E-state index in [9.17, 15) is 4.79 Å². The number of piperazine rings is 1. The van der Waals surface area contributed by atoms with Crippen LogP contribution in [0.1, 0.15) is 18.4 Å². The van der Waals surface area contributed by atoms with E-state index in [4.69, 9.17) is 0 Å². The lowest BCUT2D eigenvalue weighted by Crippen LogP contribution is -2.51. The first-order valence-corrected chi connectivity index (χ1v) is 8.93. The molecular formula is C18H26N4O. The Morgan fingerprint density at radius 1 is 1.04 bits per heavy atom. The first-order valence-electron chi connectivity index (χ1n) is 8.93. The van der Waals surface area contributed by atoms with Crippen LogP contribution in [0, 0.1) is 5.92 Å². The highest BCUT2D eigenvalue weighted by Gasteiger charge is 2.29. The Bertz CT molecular complexity index is 574. The van der Waals surface area contributed by atoms with Crippen molar-refractivity contribution in [3.8, 4) is 0 Å². The smallest absolute Gasteiger partial charge is 0.225 e. The molecule has 3 aliphatic heterocycles. The van der Waals surface area contributed by atoms with Crippen LogP contribution < -0.4 is 15.5 Å². The molecule has 0 aromatic heterocycles. The van der Waals surface area contributed by atoms with Crippen LogP contribution in [0.3, 0.4) is 0 Å². The Balaban J connectivity index is 1.39. The van der Waals surface area contributed by atoms with E-state index in [2.05, 4.69) is 38.6 Å². The topological polar surface area (TPSA) is 47.6 Å². The number of hydrogen-bond acceptors (Lipinski definition) is 4. The molecule has 2 N–H and O–H groups in total. The highest BCUT2D eigenvalue weighted by atomic mass is 16.2. The maximum Gasteiger partial charge on any atom is 0.225 e. The van der Waals surface area contributed by atoms with Gasteiger partial charge in [0.2, 0.25) is 5.91 Å². The largest absolute Gasteiger partial charge is 0.384 e. The first-order chi connectivity index (χ1) is 11.3. The fraction of sp³-hybridized carbons (Fsp3) is 0.611. The summed E-state index contributed by atoms with van der Waals surface area (Å²) in [5.41, 5.74) is 4.10. The van der Waals surface area contributed by atoms with Gasteiger partial charge in [-0.2, -0.15) is 0 Å². The van der Waals surface area contributed by atoms with Crippen LogP contribution in [0.2, 0.25) is 0 Å². The second kappa shape index (κ2) is 6.40. The van der Waals surface area contributed by atoms with E-state index < -0.39 is 0 Å². The van der Waals surface area contributed by atoms with E-state index >= 15 is 0 Å². The second-order valence-electron chi connectivity index (χ2n) is 6.82. The summed E-state index contributed by atoms with van der Waals surface area (Å²) in [6.45, 7) is 6.64. The fourth-order valence-corrected chi connectivity index (χ4v) is 4.12. The predicted molar refractivity (Wildman–Crippen MR) is 93.0 cm³/mol. The van der Waals surface area contributed by atoms with Crippen molar-refractivity contribution in [1.29, 1.82) is 0 Å². The van der Waals surface area contributed by atoms with Crippen LogP contribution in [0.25, 0.3) is 0 Å². The summed E-state index contributed by atoms with van der Waals surface area (Å²) in [6.07, 6.45) is 3.10. The molecule has 1 aromatic carbocycles. The highest BCUT2D eigenvalue weighted by molar-refractivity contribution is 5.79. The summed E-state index contributed by atoms with van der Waals surface area (Å²) in [6, 6.07) is 6.54. The van der Waals surface area contributed by atoms with Gasteiger partial charge in [-0.3, -0.25) is 4.79 Å². The summed E-state index contributed by atoms with van der Waals surface area (Å²) in [7, 11) is 0. The Kier molecular flexibility index (Phi) is 4.12. The SMILES string of the molecule is O=C(C1CCNCC1)N1CCN(c2cccc3c2CCN3)CC1. The van der Waals surface area contributed by atoms with Crippen molar-refractivity contribution in [3.05, 3.63) is 23.8 Å². The number of piperidine rings is 1. The Hall–Kier alpha value is -1.75. The number of benzene rings is 1. The summed E-state index contributed by atoms with van der Waals surface area (Å²) in [4.78, 5) is 17.2. The van der Waals surface area contributed by atoms with Crippen LogP contribution in [0.5, 0.6) is 0 Å². The lowest BCUT2D eigenvalue weighted by molar-refractivity contribution is -0.136. The Morgan fingerprint density at radius 3 is 2.61 bits per heavy atom. The normalized spacial score (nSPS) is 21.9. The molecule has 1 aromatic rings. The van der Waals surface area contributed by atoms with Crippen molar-refractivity contribution < 1.29 is 4.79 Å². The molecule has 3 heterocycles. The van der Waals surface area contributed by atoms with E-state index in [1.54, 1.807) is 0 Å². The van der Waals surface area contributed by atoms with Gasteiger partial charge < -0.3 is 20.4 Å². The number of hydrogen-bond donors (Lipinski definition) is 2. The zero-order valence-corrected chi connectivity index (χ0v) is 13.7.